The van der Waals surface area contributed by atoms with Gasteiger partial charge in [0, 0.05) is 13.5 Å². The van der Waals surface area contributed by atoms with Crippen molar-refractivity contribution in [3.63, 3.8) is 0 Å². The molecule has 1 N–H and O–H groups in total. The van der Waals surface area contributed by atoms with Gasteiger partial charge in [-0.15, -0.1) is 0 Å². The number of nitrogens with zero attached hydrogens (tertiary/aromatic N) is 2. The fourth-order valence-corrected chi connectivity index (χ4v) is 2.20. The molecule has 1 aliphatic rings. The van der Waals surface area contributed by atoms with Crippen LogP contribution in [0.1, 0.15) is 40.0 Å². The lowest BCUT2D eigenvalue weighted by atomic mass is 9.90. The number of piperidine rings is 1. The van der Waals surface area contributed by atoms with Crippen molar-refractivity contribution in [2.75, 3.05) is 26.2 Å². The van der Waals surface area contributed by atoms with Crippen LogP contribution in [0.4, 0.5) is 0 Å². The van der Waals surface area contributed by atoms with Crippen molar-refractivity contribution < 1.29 is 4.79 Å². The standard InChI is InChI=1S/C14H25N3O/c1-12(18)16-10-13-4-7-17(8-5-13)9-6-14(2,3)11-15/h13H,4-10H2,1-3H3,(H,16,18). The molecule has 0 atom stereocenters. The number of hydrogen-bond acceptors (Lipinski definition) is 3. The molecule has 1 saturated heterocycles. The summed E-state index contributed by atoms with van der Waals surface area (Å²) in [6.45, 7) is 9.56. The summed E-state index contributed by atoms with van der Waals surface area (Å²) in [5.74, 6) is 0.683. The number of carbonyl (C=O) groups excluding carboxylic acids is 1. The minimum atomic E-state index is -0.215. The Labute approximate surface area is 110 Å². The molecule has 0 saturated carbocycles. The van der Waals surface area contributed by atoms with Crippen molar-refractivity contribution in [2.45, 2.75) is 40.0 Å². The van der Waals surface area contributed by atoms with Crippen molar-refractivity contribution in [1.29, 1.82) is 5.26 Å². The molecule has 4 nitrogen and oxygen atoms in total. The van der Waals surface area contributed by atoms with Gasteiger partial charge in [0.15, 0.2) is 0 Å². The molecule has 0 aromatic heterocycles. The van der Waals surface area contributed by atoms with Crippen LogP contribution in [0.25, 0.3) is 0 Å². The third-order valence-electron chi connectivity index (χ3n) is 3.70. The summed E-state index contributed by atoms with van der Waals surface area (Å²) in [5, 5.41) is 11.9. The lowest BCUT2D eigenvalue weighted by Crippen LogP contribution is -2.39. The zero-order chi connectivity index (χ0) is 13.6. The zero-order valence-corrected chi connectivity index (χ0v) is 11.8. The molecule has 1 amide bonds. The van der Waals surface area contributed by atoms with Gasteiger partial charge in [-0.1, -0.05) is 0 Å². The van der Waals surface area contributed by atoms with Gasteiger partial charge in [-0.25, -0.2) is 0 Å². The van der Waals surface area contributed by atoms with E-state index in [4.69, 9.17) is 5.26 Å². The Morgan fingerprint density at radius 3 is 2.56 bits per heavy atom. The third-order valence-corrected chi connectivity index (χ3v) is 3.70. The molecule has 102 valence electrons. The predicted molar refractivity (Wildman–Crippen MR) is 71.9 cm³/mol. The highest BCUT2D eigenvalue weighted by Crippen LogP contribution is 2.22. The first-order valence-electron chi connectivity index (χ1n) is 6.81. The highest BCUT2D eigenvalue weighted by molar-refractivity contribution is 5.72. The summed E-state index contributed by atoms with van der Waals surface area (Å²) in [7, 11) is 0. The van der Waals surface area contributed by atoms with Crippen LogP contribution in [0.3, 0.4) is 0 Å². The maximum absolute atomic E-state index is 10.8. The lowest BCUT2D eigenvalue weighted by Gasteiger charge is -2.33. The van der Waals surface area contributed by atoms with Crippen LogP contribution in [0.15, 0.2) is 0 Å². The van der Waals surface area contributed by atoms with Crippen LogP contribution in [0.5, 0.6) is 0 Å². The van der Waals surface area contributed by atoms with Crippen LogP contribution in [0.2, 0.25) is 0 Å². The first-order chi connectivity index (χ1) is 8.43. The van der Waals surface area contributed by atoms with Crippen LogP contribution in [-0.4, -0.2) is 37.0 Å². The van der Waals surface area contributed by atoms with Crippen LogP contribution >= 0.6 is 0 Å². The summed E-state index contributed by atoms with van der Waals surface area (Å²) >= 11 is 0. The van der Waals surface area contributed by atoms with E-state index in [1.54, 1.807) is 6.92 Å². The van der Waals surface area contributed by atoms with Crippen LogP contribution in [-0.2, 0) is 4.79 Å². The SMILES string of the molecule is CC(=O)NCC1CCN(CCC(C)(C)C#N)CC1. The second-order valence-corrected chi connectivity index (χ2v) is 5.97. The Bertz CT molecular complexity index is 311. The van der Waals surface area contributed by atoms with Gasteiger partial charge in [0.25, 0.3) is 0 Å². The highest BCUT2D eigenvalue weighted by atomic mass is 16.1. The van der Waals surface area contributed by atoms with Gasteiger partial charge in [0.1, 0.15) is 0 Å². The number of nitrogens with one attached hydrogen (secondary N) is 1. The summed E-state index contributed by atoms with van der Waals surface area (Å²) in [6.07, 6.45) is 3.22. The van der Waals surface area contributed by atoms with E-state index in [9.17, 15) is 4.79 Å². The first kappa shape index (κ1) is 15.0. The number of hydrogen-bond donors (Lipinski definition) is 1. The number of likely N-dealkylation sites (tertiary alicyclic amines) is 1. The average Bonchev–Trinajstić information content (AvgIpc) is 2.35. The van der Waals surface area contributed by atoms with Gasteiger partial charge < -0.3 is 10.2 Å². The number of nitriles is 1. The van der Waals surface area contributed by atoms with E-state index < -0.39 is 0 Å². The summed E-state index contributed by atoms with van der Waals surface area (Å²) in [4.78, 5) is 13.3. The molecule has 0 bridgehead atoms. The lowest BCUT2D eigenvalue weighted by molar-refractivity contribution is -0.119. The Morgan fingerprint density at radius 1 is 1.44 bits per heavy atom. The van der Waals surface area contributed by atoms with E-state index >= 15 is 0 Å². The van der Waals surface area contributed by atoms with E-state index in [0.717, 1.165) is 45.4 Å². The molecule has 0 radical (unpaired) electrons. The summed E-state index contributed by atoms with van der Waals surface area (Å²) in [5.41, 5.74) is -0.215. The Morgan fingerprint density at radius 2 is 2.06 bits per heavy atom. The maximum atomic E-state index is 10.8. The van der Waals surface area contributed by atoms with Gasteiger partial charge in [0.05, 0.1) is 11.5 Å². The Kier molecular flexibility index (Phi) is 5.61. The normalized spacial score (nSPS) is 18.3. The highest BCUT2D eigenvalue weighted by Gasteiger charge is 2.22. The minimum Gasteiger partial charge on any atom is -0.356 e. The van der Waals surface area contributed by atoms with E-state index in [1.165, 1.54) is 0 Å². The summed E-state index contributed by atoms with van der Waals surface area (Å²) in [6, 6.07) is 2.35. The monoisotopic (exact) mass is 251 g/mol. The molecule has 0 aliphatic carbocycles. The van der Waals surface area contributed by atoms with Crippen molar-refractivity contribution in [2.24, 2.45) is 11.3 Å². The van der Waals surface area contributed by atoms with E-state index in [2.05, 4.69) is 16.3 Å². The topological polar surface area (TPSA) is 56.1 Å². The smallest absolute Gasteiger partial charge is 0.216 e. The fraction of sp³-hybridized carbons (Fsp3) is 0.857. The predicted octanol–water partition coefficient (Wildman–Crippen LogP) is 1.77. The first-order valence-corrected chi connectivity index (χ1v) is 6.81. The molecular formula is C14H25N3O. The Balaban J connectivity index is 2.20. The van der Waals surface area contributed by atoms with Crippen molar-refractivity contribution in [1.82, 2.24) is 10.2 Å². The quantitative estimate of drug-likeness (QED) is 0.810. The molecule has 1 fully saturated rings. The van der Waals surface area contributed by atoms with Gasteiger partial charge in [-0.05, 0) is 58.7 Å². The molecule has 1 rings (SSSR count). The minimum absolute atomic E-state index is 0.0631. The van der Waals surface area contributed by atoms with Gasteiger partial charge in [-0.2, -0.15) is 5.26 Å². The van der Waals surface area contributed by atoms with Crippen molar-refractivity contribution >= 4 is 5.91 Å². The number of carbonyl (C=O) groups is 1. The molecule has 0 aromatic carbocycles. The van der Waals surface area contributed by atoms with E-state index in [1.807, 2.05) is 13.8 Å². The average molecular weight is 251 g/mol. The Hall–Kier alpha value is -1.08. The molecular weight excluding hydrogens is 226 g/mol. The number of amides is 1. The molecule has 18 heavy (non-hydrogen) atoms. The van der Waals surface area contributed by atoms with Crippen molar-refractivity contribution in [3.05, 3.63) is 0 Å². The molecule has 1 heterocycles. The maximum Gasteiger partial charge on any atom is 0.216 e. The second kappa shape index (κ2) is 6.75. The van der Waals surface area contributed by atoms with Gasteiger partial charge in [-0.3, -0.25) is 4.79 Å². The number of rotatable bonds is 5. The van der Waals surface area contributed by atoms with E-state index in [-0.39, 0.29) is 11.3 Å². The van der Waals surface area contributed by atoms with Gasteiger partial charge in [0.2, 0.25) is 5.91 Å². The summed E-state index contributed by atoms with van der Waals surface area (Å²) < 4.78 is 0. The molecule has 1 aliphatic heterocycles. The fourth-order valence-electron chi connectivity index (χ4n) is 2.20. The second-order valence-electron chi connectivity index (χ2n) is 5.97. The zero-order valence-electron chi connectivity index (χ0n) is 11.8. The van der Waals surface area contributed by atoms with Crippen LogP contribution < -0.4 is 5.32 Å². The molecule has 0 unspecified atom stereocenters. The van der Waals surface area contributed by atoms with Gasteiger partial charge >= 0.3 is 0 Å². The van der Waals surface area contributed by atoms with Crippen LogP contribution in [0, 0.1) is 22.7 Å². The van der Waals surface area contributed by atoms with E-state index in [0.29, 0.717) is 5.92 Å². The molecule has 4 heteroatoms. The van der Waals surface area contributed by atoms with Crippen molar-refractivity contribution in [3.8, 4) is 6.07 Å². The molecule has 0 aromatic rings. The molecule has 0 spiro atoms. The third kappa shape index (κ3) is 5.50. The largest absolute Gasteiger partial charge is 0.356 e.